The Bertz CT molecular complexity index is 1080. The Balaban J connectivity index is 2.30. The van der Waals surface area contributed by atoms with Crippen LogP contribution < -0.4 is 9.64 Å². The van der Waals surface area contributed by atoms with Gasteiger partial charge in [0.1, 0.15) is 29.0 Å². The number of benzene rings is 2. The molecule has 3 aromatic rings. The third-order valence-electron chi connectivity index (χ3n) is 4.78. The van der Waals surface area contributed by atoms with Crippen molar-refractivity contribution in [1.82, 2.24) is 4.98 Å². The first kappa shape index (κ1) is 20.5. The van der Waals surface area contributed by atoms with Gasteiger partial charge in [-0.3, -0.25) is 0 Å². The summed E-state index contributed by atoms with van der Waals surface area (Å²) in [6.07, 6.45) is -1.95. The van der Waals surface area contributed by atoms with E-state index in [1.165, 1.54) is 19.1 Å². The summed E-state index contributed by atoms with van der Waals surface area (Å²) in [6.45, 7) is 1.56. The topological polar surface area (TPSA) is 89.6 Å². The number of nitrogens with zero attached hydrogens (tertiary/aromatic N) is 3. The normalized spacial score (nSPS) is 13.0. The molecule has 0 saturated carbocycles. The van der Waals surface area contributed by atoms with Gasteiger partial charge in [0.25, 0.3) is 0 Å². The number of hydrogen-bond donors (Lipinski definition) is 2. The zero-order valence-electron chi connectivity index (χ0n) is 16.4. The molecule has 0 radical (unpaired) electrons. The maximum atomic E-state index is 14.0. The molecule has 2 atom stereocenters. The molecule has 1 unspecified atom stereocenters. The highest BCUT2D eigenvalue weighted by Crippen LogP contribution is 2.37. The molecule has 1 heterocycles. The molecule has 0 aliphatic heterocycles. The van der Waals surface area contributed by atoms with Gasteiger partial charge in [0, 0.05) is 24.5 Å². The fourth-order valence-corrected chi connectivity index (χ4v) is 3.20. The third-order valence-corrected chi connectivity index (χ3v) is 4.78. The number of aliphatic hydroxyl groups excluding tert-OH is 2. The monoisotopic (exact) mass is 395 g/mol. The number of likely N-dealkylation sites (N-methyl/N-ethyl adjacent to an activating group) is 1. The number of anilines is 1. The van der Waals surface area contributed by atoms with E-state index >= 15 is 0 Å². The van der Waals surface area contributed by atoms with E-state index in [0.717, 1.165) is 0 Å². The predicted octanol–water partition coefficient (Wildman–Crippen LogP) is 3.10. The second kappa shape index (κ2) is 8.43. The summed E-state index contributed by atoms with van der Waals surface area (Å²) in [6, 6.07) is 13.5. The van der Waals surface area contributed by atoms with E-state index in [2.05, 4.69) is 11.1 Å². The molecule has 2 N–H and O–H groups in total. The molecule has 0 saturated heterocycles. The van der Waals surface area contributed by atoms with Gasteiger partial charge < -0.3 is 19.8 Å². The van der Waals surface area contributed by atoms with Crippen molar-refractivity contribution in [1.29, 1.82) is 5.26 Å². The van der Waals surface area contributed by atoms with Crippen molar-refractivity contribution in [3.05, 3.63) is 53.8 Å². The minimum Gasteiger partial charge on any atom is -0.497 e. The van der Waals surface area contributed by atoms with E-state index in [9.17, 15) is 19.9 Å². The highest BCUT2D eigenvalue weighted by atomic mass is 19.1. The first-order valence-electron chi connectivity index (χ1n) is 9.10. The van der Waals surface area contributed by atoms with Gasteiger partial charge in [0.15, 0.2) is 0 Å². The fraction of sp³-hybridized carbons (Fsp3) is 0.273. The molecule has 0 bridgehead atoms. The van der Waals surface area contributed by atoms with Crippen LogP contribution in [0.4, 0.5) is 10.2 Å². The maximum Gasteiger partial charge on any atom is 0.147 e. The molecule has 2 aromatic carbocycles. The summed E-state index contributed by atoms with van der Waals surface area (Å²) in [5.41, 5.74) is 1.91. The minimum atomic E-state index is -1.02. The van der Waals surface area contributed by atoms with E-state index in [4.69, 9.17) is 4.74 Å². The van der Waals surface area contributed by atoms with Gasteiger partial charge in [-0.15, -0.1) is 0 Å². The van der Waals surface area contributed by atoms with Gasteiger partial charge in [-0.25, -0.2) is 9.37 Å². The number of nitriles is 1. The molecule has 7 heteroatoms. The fourth-order valence-electron chi connectivity index (χ4n) is 3.20. The Morgan fingerprint density at radius 1 is 1.24 bits per heavy atom. The number of methoxy groups -OCH3 is 1. The van der Waals surface area contributed by atoms with E-state index in [0.29, 0.717) is 33.6 Å². The number of fused-ring (bicyclic) bond motifs is 1. The summed E-state index contributed by atoms with van der Waals surface area (Å²) >= 11 is 0. The molecule has 6 nitrogen and oxygen atoms in total. The van der Waals surface area contributed by atoms with Crippen LogP contribution in [0.1, 0.15) is 12.5 Å². The molecular formula is C22H22FN3O3. The minimum absolute atomic E-state index is 0.0730. The second-order valence-corrected chi connectivity index (χ2v) is 6.88. The van der Waals surface area contributed by atoms with Crippen LogP contribution in [-0.2, 0) is 0 Å². The lowest BCUT2D eigenvalue weighted by Gasteiger charge is -2.25. The van der Waals surface area contributed by atoms with Crippen molar-refractivity contribution in [3.8, 4) is 22.9 Å². The van der Waals surface area contributed by atoms with Gasteiger partial charge in [-0.2, -0.15) is 5.26 Å². The van der Waals surface area contributed by atoms with Gasteiger partial charge in [0.05, 0.1) is 24.8 Å². The number of halogens is 1. The number of ether oxygens (including phenoxy) is 1. The van der Waals surface area contributed by atoms with Crippen molar-refractivity contribution < 1.29 is 19.3 Å². The molecule has 1 aromatic heterocycles. The van der Waals surface area contributed by atoms with Crippen LogP contribution >= 0.6 is 0 Å². The Kier molecular flexibility index (Phi) is 5.97. The van der Waals surface area contributed by atoms with Gasteiger partial charge in [0.2, 0.25) is 0 Å². The molecule has 150 valence electrons. The number of pyridine rings is 1. The Morgan fingerprint density at radius 2 is 2.00 bits per heavy atom. The highest BCUT2D eigenvalue weighted by Gasteiger charge is 2.22. The largest absolute Gasteiger partial charge is 0.497 e. The van der Waals surface area contributed by atoms with Gasteiger partial charge in [-0.05, 0) is 42.8 Å². The number of aromatic nitrogens is 1. The number of hydrogen-bond acceptors (Lipinski definition) is 6. The van der Waals surface area contributed by atoms with Gasteiger partial charge >= 0.3 is 0 Å². The lowest BCUT2D eigenvalue weighted by atomic mass is 9.95. The van der Waals surface area contributed by atoms with Crippen molar-refractivity contribution in [2.45, 2.75) is 19.1 Å². The molecule has 0 aliphatic rings. The van der Waals surface area contributed by atoms with Crippen LogP contribution in [0.2, 0.25) is 0 Å². The van der Waals surface area contributed by atoms with Crippen LogP contribution in [-0.4, -0.2) is 48.1 Å². The van der Waals surface area contributed by atoms with E-state index in [1.807, 2.05) is 0 Å². The van der Waals surface area contributed by atoms with Crippen LogP contribution in [0.3, 0.4) is 0 Å². The molecule has 0 aliphatic carbocycles. The molecule has 29 heavy (non-hydrogen) atoms. The van der Waals surface area contributed by atoms with Crippen molar-refractivity contribution in [2.24, 2.45) is 0 Å². The quantitative estimate of drug-likeness (QED) is 0.667. The zero-order valence-corrected chi connectivity index (χ0v) is 16.4. The van der Waals surface area contributed by atoms with Gasteiger partial charge in [-0.1, -0.05) is 12.1 Å². The Hall–Kier alpha value is -3.21. The maximum absolute atomic E-state index is 14.0. The average molecular weight is 395 g/mol. The SMILES string of the molecule is COc1ccc2nc(N(C)C[C@H](O)C(C)O)c(C#N)c(-c3cccc(F)c3)c2c1. The lowest BCUT2D eigenvalue weighted by molar-refractivity contribution is 0.0367. The third kappa shape index (κ3) is 4.14. The number of aliphatic hydroxyl groups is 2. The first-order chi connectivity index (χ1) is 13.8. The van der Waals surface area contributed by atoms with Crippen molar-refractivity contribution in [2.75, 3.05) is 25.6 Å². The molecule has 0 fully saturated rings. The lowest BCUT2D eigenvalue weighted by Crippen LogP contribution is -2.36. The summed E-state index contributed by atoms with van der Waals surface area (Å²) in [7, 11) is 3.22. The standard InChI is InChI=1S/C22H22FN3O3/c1-13(27)20(28)12-26(2)22-18(11-24)21(14-5-4-6-15(23)9-14)17-10-16(29-3)7-8-19(17)25-22/h4-10,13,20,27-28H,12H2,1-3H3/t13?,20-/m0/s1. The second-order valence-electron chi connectivity index (χ2n) is 6.88. The molecule has 0 amide bonds. The highest BCUT2D eigenvalue weighted by molar-refractivity contribution is 6.00. The predicted molar refractivity (Wildman–Crippen MR) is 109 cm³/mol. The van der Waals surface area contributed by atoms with Crippen LogP contribution in [0.15, 0.2) is 42.5 Å². The molecule has 3 rings (SSSR count). The number of rotatable bonds is 6. The summed E-state index contributed by atoms with van der Waals surface area (Å²) in [4.78, 5) is 6.22. The van der Waals surface area contributed by atoms with E-state index < -0.39 is 18.0 Å². The summed E-state index contributed by atoms with van der Waals surface area (Å²) in [5.74, 6) is 0.509. The Morgan fingerprint density at radius 3 is 2.62 bits per heavy atom. The Labute approximate surface area is 168 Å². The van der Waals surface area contributed by atoms with Crippen LogP contribution in [0, 0.1) is 17.1 Å². The van der Waals surface area contributed by atoms with Crippen molar-refractivity contribution in [3.63, 3.8) is 0 Å². The van der Waals surface area contributed by atoms with Crippen LogP contribution in [0.5, 0.6) is 5.75 Å². The van der Waals surface area contributed by atoms with Crippen LogP contribution in [0.25, 0.3) is 22.0 Å². The average Bonchev–Trinajstić information content (AvgIpc) is 2.71. The first-order valence-corrected chi connectivity index (χ1v) is 9.10. The summed E-state index contributed by atoms with van der Waals surface area (Å²) in [5, 5.41) is 30.3. The zero-order chi connectivity index (χ0) is 21.1. The van der Waals surface area contributed by atoms with E-state index in [-0.39, 0.29) is 12.1 Å². The van der Waals surface area contributed by atoms with E-state index in [1.54, 1.807) is 49.4 Å². The van der Waals surface area contributed by atoms with Crippen molar-refractivity contribution >= 4 is 16.7 Å². The molecular weight excluding hydrogens is 373 g/mol. The smallest absolute Gasteiger partial charge is 0.147 e. The summed E-state index contributed by atoms with van der Waals surface area (Å²) < 4.78 is 19.3. The molecule has 0 spiro atoms.